The minimum absolute atomic E-state index is 0.302. The highest BCUT2D eigenvalue weighted by atomic mass is 16.5. The van der Waals surface area contributed by atoms with E-state index in [0.717, 1.165) is 5.56 Å². The van der Waals surface area contributed by atoms with Gasteiger partial charge in [0, 0.05) is 0 Å². The Labute approximate surface area is 89.1 Å². The second-order valence-corrected chi connectivity index (χ2v) is 3.45. The summed E-state index contributed by atoms with van der Waals surface area (Å²) in [5.41, 5.74) is 0.964. The maximum Gasteiger partial charge on any atom is 0.348 e. The van der Waals surface area contributed by atoms with Crippen LogP contribution in [0.4, 0.5) is 0 Å². The molecule has 0 aliphatic carbocycles. The third-order valence-electron chi connectivity index (χ3n) is 1.93. The fourth-order valence-corrected chi connectivity index (χ4v) is 1.19. The second kappa shape index (κ2) is 5.48. The smallest absolute Gasteiger partial charge is 0.348 e. The molecule has 4 nitrogen and oxygen atoms in total. The molecule has 0 saturated heterocycles. The SMILES string of the molecule is CN(C)C(OCc1ccccc1)C(=O)O. The van der Waals surface area contributed by atoms with Gasteiger partial charge in [-0.15, -0.1) is 0 Å². The molecule has 0 fully saturated rings. The molecule has 4 heteroatoms. The summed E-state index contributed by atoms with van der Waals surface area (Å²) in [7, 11) is 3.34. The number of rotatable bonds is 5. The van der Waals surface area contributed by atoms with E-state index in [4.69, 9.17) is 9.84 Å². The molecular formula is C11H15NO3. The Balaban J connectivity index is 2.51. The summed E-state index contributed by atoms with van der Waals surface area (Å²) in [4.78, 5) is 12.3. The first-order valence-corrected chi connectivity index (χ1v) is 4.66. The lowest BCUT2D eigenvalue weighted by Gasteiger charge is -2.20. The molecule has 0 amide bonds. The Morgan fingerprint density at radius 2 is 2.00 bits per heavy atom. The molecule has 0 spiro atoms. The molecule has 82 valence electrons. The van der Waals surface area contributed by atoms with Crippen LogP contribution in [-0.4, -0.2) is 36.3 Å². The molecule has 0 aromatic heterocycles. The van der Waals surface area contributed by atoms with E-state index in [2.05, 4.69) is 0 Å². The van der Waals surface area contributed by atoms with Crippen molar-refractivity contribution in [3.8, 4) is 0 Å². The number of hydrogen-bond donors (Lipinski definition) is 1. The van der Waals surface area contributed by atoms with Crippen LogP contribution in [0.1, 0.15) is 5.56 Å². The van der Waals surface area contributed by atoms with Gasteiger partial charge in [0.1, 0.15) is 0 Å². The average molecular weight is 209 g/mol. The van der Waals surface area contributed by atoms with Crippen LogP contribution >= 0.6 is 0 Å². The molecule has 0 radical (unpaired) electrons. The molecule has 0 saturated carbocycles. The van der Waals surface area contributed by atoms with Crippen molar-refractivity contribution >= 4 is 5.97 Å². The Morgan fingerprint density at radius 3 is 2.47 bits per heavy atom. The van der Waals surface area contributed by atoms with Crippen molar-refractivity contribution in [2.24, 2.45) is 0 Å². The summed E-state index contributed by atoms with van der Waals surface area (Å²) in [6.45, 7) is 0.302. The summed E-state index contributed by atoms with van der Waals surface area (Å²) in [5, 5.41) is 8.86. The zero-order chi connectivity index (χ0) is 11.3. The van der Waals surface area contributed by atoms with Crippen LogP contribution in [0, 0.1) is 0 Å². The molecule has 1 aromatic rings. The van der Waals surface area contributed by atoms with E-state index in [1.54, 1.807) is 14.1 Å². The zero-order valence-corrected chi connectivity index (χ0v) is 8.88. The van der Waals surface area contributed by atoms with E-state index in [-0.39, 0.29) is 0 Å². The number of ether oxygens (including phenoxy) is 1. The first-order valence-electron chi connectivity index (χ1n) is 4.66. The van der Waals surface area contributed by atoms with Crippen molar-refractivity contribution in [3.63, 3.8) is 0 Å². The van der Waals surface area contributed by atoms with Crippen molar-refractivity contribution in [3.05, 3.63) is 35.9 Å². The van der Waals surface area contributed by atoms with Crippen LogP contribution in [0.25, 0.3) is 0 Å². The summed E-state index contributed by atoms with van der Waals surface area (Å²) in [6.07, 6.45) is -0.898. The lowest BCUT2D eigenvalue weighted by Crippen LogP contribution is -2.37. The lowest BCUT2D eigenvalue weighted by molar-refractivity contribution is -0.163. The molecule has 0 aliphatic heterocycles. The minimum Gasteiger partial charge on any atom is -0.478 e. The Morgan fingerprint density at radius 1 is 1.40 bits per heavy atom. The van der Waals surface area contributed by atoms with Gasteiger partial charge in [0.25, 0.3) is 0 Å². The van der Waals surface area contributed by atoms with Crippen molar-refractivity contribution in [2.75, 3.05) is 14.1 Å². The van der Waals surface area contributed by atoms with Crippen LogP contribution in [0.2, 0.25) is 0 Å². The largest absolute Gasteiger partial charge is 0.478 e. The molecule has 0 heterocycles. The van der Waals surface area contributed by atoms with Gasteiger partial charge in [0.05, 0.1) is 6.61 Å². The van der Waals surface area contributed by atoms with E-state index in [1.807, 2.05) is 30.3 Å². The number of likely N-dealkylation sites (N-methyl/N-ethyl adjacent to an activating group) is 1. The fraction of sp³-hybridized carbons (Fsp3) is 0.364. The molecular weight excluding hydrogens is 194 g/mol. The number of benzene rings is 1. The number of nitrogens with zero attached hydrogens (tertiary/aromatic N) is 1. The quantitative estimate of drug-likeness (QED) is 0.740. The van der Waals surface area contributed by atoms with Crippen molar-refractivity contribution in [2.45, 2.75) is 12.8 Å². The van der Waals surface area contributed by atoms with E-state index in [9.17, 15) is 4.79 Å². The van der Waals surface area contributed by atoms with E-state index >= 15 is 0 Å². The number of carbonyl (C=O) groups is 1. The van der Waals surface area contributed by atoms with Crippen LogP contribution in [0.5, 0.6) is 0 Å². The van der Waals surface area contributed by atoms with Crippen molar-refractivity contribution < 1.29 is 14.6 Å². The summed E-state index contributed by atoms with van der Waals surface area (Å²) < 4.78 is 5.28. The van der Waals surface area contributed by atoms with Crippen molar-refractivity contribution in [1.82, 2.24) is 4.90 Å². The second-order valence-electron chi connectivity index (χ2n) is 3.45. The monoisotopic (exact) mass is 209 g/mol. The predicted molar refractivity (Wildman–Crippen MR) is 56.3 cm³/mol. The fourth-order valence-electron chi connectivity index (χ4n) is 1.19. The highest BCUT2D eigenvalue weighted by molar-refractivity contribution is 5.71. The van der Waals surface area contributed by atoms with Gasteiger partial charge in [-0.25, -0.2) is 4.79 Å². The van der Waals surface area contributed by atoms with Crippen molar-refractivity contribution in [1.29, 1.82) is 0 Å². The summed E-state index contributed by atoms with van der Waals surface area (Å²) in [6, 6.07) is 9.49. The van der Waals surface area contributed by atoms with Gasteiger partial charge in [-0.3, -0.25) is 4.90 Å². The van der Waals surface area contributed by atoms with Crippen LogP contribution in [0.3, 0.4) is 0 Å². The number of aliphatic carboxylic acids is 1. The molecule has 0 aliphatic rings. The molecule has 15 heavy (non-hydrogen) atoms. The van der Waals surface area contributed by atoms with E-state index in [0.29, 0.717) is 6.61 Å². The van der Waals surface area contributed by atoms with Gasteiger partial charge in [0.2, 0.25) is 6.23 Å². The minimum atomic E-state index is -0.976. The van der Waals surface area contributed by atoms with Gasteiger partial charge in [0.15, 0.2) is 0 Å². The topological polar surface area (TPSA) is 49.8 Å². The van der Waals surface area contributed by atoms with Gasteiger partial charge in [-0.2, -0.15) is 0 Å². The molecule has 1 N–H and O–H groups in total. The molecule has 0 bridgehead atoms. The molecule has 1 aromatic carbocycles. The average Bonchev–Trinajstić information content (AvgIpc) is 2.18. The number of hydrogen-bond acceptors (Lipinski definition) is 3. The van der Waals surface area contributed by atoms with E-state index < -0.39 is 12.2 Å². The summed E-state index contributed by atoms with van der Waals surface area (Å²) >= 11 is 0. The van der Waals surface area contributed by atoms with Crippen LogP contribution < -0.4 is 0 Å². The van der Waals surface area contributed by atoms with Crippen LogP contribution in [-0.2, 0) is 16.1 Å². The van der Waals surface area contributed by atoms with Gasteiger partial charge < -0.3 is 9.84 Å². The Bertz CT molecular complexity index is 311. The Kier molecular flexibility index (Phi) is 4.27. The number of carboxylic acid groups (broad SMARTS) is 1. The normalized spacial score (nSPS) is 12.7. The maximum absolute atomic E-state index is 10.8. The van der Waals surface area contributed by atoms with Gasteiger partial charge >= 0.3 is 5.97 Å². The van der Waals surface area contributed by atoms with Gasteiger partial charge in [-0.1, -0.05) is 30.3 Å². The van der Waals surface area contributed by atoms with E-state index in [1.165, 1.54) is 4.90 Å². The maximum atomic E-state index is 10.8. The predicted octanol–water partition coefficient (Wildman–Crippen LogP) is 1.18. The zero-order valence-electron chi connectivity index (χ0n) is 8.88. The molecule has 1 atom stereocenters. The standard InChI is InChI=1S/C11H15NO3/c1-12(2)10(11(13)14)15-8-9-6-4-3-5-7-9/h3-7,10H,8H2,1-2H3,(H,13,14). The third-order valence-corrected chi connectivity index (χ3v) is 1.93. The highest BCUT2D eigenvalue weighted by Crippen LogP contribution is 2.04. The highest BCUT2D eigenvalue weighted by Gasteiger charge is 2.19. The van der Waals surface area contributed by atoms with Gasteiger partial charge in [-0.05, 0) is 19.7 Å². The Hall–Kier alpha value is -1.39. The first kappa shape index (κ1) is 11.7. The third kappa shape index (κ3) is 3.69. The first-order chi connectivity index (χ1) is 7.11. The van der Waals surface area contributed by atoms with Crippen LogP contribution in [0.15, 0.2) is 30.3 Å². The number of carboxylic acids is 1. The lowest BCUT2D eigenvalue weighted by atomic mass is 10.2. The molecule has 1 unspecified atom stereocenters. The summed E-state index contributed by atoms with van der Waals surface area (Å²) in [5.74, 6) is -0.976. The molecule has 1 rings (SSSR count).